The second-order valence-electron chi connectivity index (χ2n) is 6.17. The number of hydrogen-bond donors (Lipinski definition) is 2. The smallest absolute Gasteiger partial charge is 0.210 e. The fraction of sp³-hybridized carbons (Fsp3) is 0.529. The van der Waals surface area contributed by atoms with Crippen molar-refractivity contribution < 1.29 is 9.84 Å². The Hall–Kier alpha value is -1.19. The number of nitrogens with zero attached hydrogens (tertiary/aromatic N) is 3. The van der Waals surface area contributed by atoms with E-state index in [0.717, 1.165) is 41.5 Å². The first-order chi connectivity index (χ1) is 12.1. The van der Waals surface area contributed by atoms with E-state index in [1.54, 1.807) is 11.8 Å². The van der Waals surface area contributed by atoms with Gasteiger partial charge in [-0.1, -0.05) is 29.2 Å². The SMILES string of the molecule is Cc1ccc(Nc2nnc(SC[C@H](O)CN3CCOCC3)s2)cc1C. The molecule has 0 saturated carbocycles. The number of rotatable bonds is 7. The molecular formula is C17H24N4O2S2. The molecule has 0 radical (unpaired) electrons. The number of aliphatic hydroxyl groups is 1. The molecule has 0 bridgehead atoms. The van der Waals surface area contributed by atoms with Gasteiger partial charge in [0.15, 0.2) is 4.34 Å². The molecule has 136 valence electrons. The van der Waals surface area contributed by atoms with Gasteiger partial charge in [0, 0.05) is 31.1 Å². The van der Waals surface area contributed by atoms with E-state index in [4.69, 9.17) is 4.74 Å². The van der Waals surface area contributed by atoms with E-state index in [9.17, 15) is 5.11 Å². The first-order valence-corrected chi connectivity index (χ1v) is 10.2. The van der Waals surface area contributed by atoms with E-state index >= 15 is 0 Å². The topological polar surface area (TPSA) is 70.5 Å². The second-order valence-corrected chi connectivity index (χ2v) is 8.42. The zero-order chi connectivity index (χ0) is 17.6. The number of aryl methyl sites for hydroxylation is 2. The molecule has 2 aromatic rings. The number of aromatic nitrogens is 2. The molecule has 0 aliphatic carbocycles. The Balaban J connectivity index is 1.47. The van der Waals surface area contributed by atoms with Gasteiger partial charge >= 0.3 is 0 Å². The fourth-order valence-corrected chi connectivity index (χ4v) is 4.28. The molecule has 0 unspecified atom stereocenters. The Kier molecular flexibility index (Phi) is 6.66. The van der Waals surface area contributed by atoms with Crippen LogP contribution in [0.5, 0.6) is 0 Å². The number of anilines is 2. The van der Waals surface area contributed by atoms with Crippen LogP contribution in [-0.2, 0) is 4.74 Å². The van der Waals surface area contributed by atoms with Crippen LogP contribution in [0.15, 0.2) is 22.5 Å². The summed E-state index contributed by atoms with van der Waals surface area (Å²) in [5.41, 5.74) is 3.53. The number of ether oxygens (including phenoxy) is 1. The molecule has 1 fully saturated rings. The number of aliphatic hydroxyl groups excluding tert-OH is 1. The molecular weight excluding hydrogens is 356 g/mol. The average Bonchev–Trinajstić information content (AvgIpc) is 3.05. The third-order valence-corrected chi connectivity index (χ3v) is 6.25. The summed E-state index contributed by atoms with van der Waals surface area (Å²) in [6.07, 6.45) is -0.372. The average molecular weight is 381 g/mol. The van der Waals surface area contributed by atoms with Crippen LogP contribution in [0.4, 0.5) is 10.8 Å². The van der Waals surface area contributed by atoms with Gasteiger partial charge in [-0.3, -0.25) is 4.90 Å². The highest BCUT2D eigenvalue weighted by Gasteiger charge is 2.16. The molecule has 2 N–H and O–H groups in total. The lowest BCUT2D eigenvalue weighted by atomic mass is 10.1. The van der Waals surface area contributed by atoms with Crippen molar-refractivity contribution in [3.05, 3.63) is 29.3 Å². The Morgan fingerprint density at radius 1 is 1.28 bits per heavy atom. The normalized spacial score (nSPS) is 16.8. The number of thioether (sulfide) groups is 1. The second kappa shape index (κ2) is 8.95. The van der Waals surface area contributed by atoms with E-state index in [1.165, 1.54) is 22.5 Å². The Labute approximate surface area is 156 Å². The standard InChI is InChI=1S/C17H24N4O2S2/c1-12-3-4-14(9-13(12)2)18-16-19-20-17(25-16)24-11-15(22)10-21-5-7-23-8-6-21/h3-4,9,15,22H,5-8,10-11H2,1-2H3,(H,18,19)/t15-/m1/s1. The van der Waals surface area contributed by atoms with Crippen LogP contribution in [0.25, 0.3) is 0 Å². The van der Waals surface area contributed by atoms with E-state index in [1.807, 2.05) is 6.07 Å². The highest BCUT2D eigenvalue weighted by atomic mass is 32.2. The van der Waals surface area contributed by atoms with Gasteiger partial charge in [-0.05, 0) is 37.1 Å². The summed E-state index contributed by atoms with van der Waals surface area (Å²) in [6, 6.07) is 6.24. The first kappa shape index (κ1) is 18.6. The maximum absolute atomic E-state index is 10.2. The van der Waals surface area contributed by atoms with Crippen molar-refractivity contribution in [2.24, 2.45) is 0 Å². The van der Waals surface area contributed by atoms with Gasteiger partial charge in [-0.2, -0.15) is 0 Å². The number of β-amino-alcohol motifs (C(OH)–C–C–N with tert-alkyl or cyclic N) is 1. The van der Waals surface area contributed by atoms with Crippen LogP contribution in [0.1, 0.15) is 11.1 Å². The zero-order valence-corrected chi connectivity index (χ0v) is 16.2. The van der Waals surface area contributed by atoms with Gasteiger partial charge in [0.1, 0.15) is 0 Å². The van der Waals surface area contributed by atoms with Gasteiger partial charge in [-0.15, -0.1) is 10.2 Å². The molecule has 1 atom stereocenters. The molecule has 1 aliphatic rings. The van der Waals surface area contributed by atoms with E-state index < -0.39 is 0 Å². The lowest BCUT2D eigenvalue weighted by Crippen LogP contribution is -2.41. The molecule has 3 rings (SSSR count). The minimum Gasteiger partial charge on any atom is -0.391 e. The van der Waals surface area contributed by atoms with Crippen LogP contribution >= 0.6 is 23.1 Å². The van der Waals surface area contributed by atoms with Crippen molar-refractivity contribution in [1.29, 1.82) is 0 Å². The summed E-state index contributed by atoms with van der Waals surface area (Å²) in [5.74, 6) is 0.621. The zero-order valence-electron chi connectivity index (χ0n) is 14.6. The van der Waals surface area contributed by atoms with Gasteiger partial charge in [0.2, 0.25) is 5.13 Å². The van der Waals surface area contributed by atoms with Crippen LogP contribution in [-0.4, -0.2) is 64.9 Å². The number of hydrogen-bond acceptors (Lipinski definition) is 8. The number of morpholine rings is 1. The van der Waals surface area contributed by atoms with E-state index in [-0.39, 0.29) is 6.10 Å². The van der Waals surface area contributed by atoms with Crippen molar-refractivity contribution in [3.63, 3.8) is 0 Å². The van der Waals surface area contributed by atoms with Crippen molar-refractivity contribution in [1.82, 2.24) is 15.1 Å². The van der Waals surface area contributed by atoms with Crippen molar-refractivity contribution >= 4 is 33.9 Å². The van der Waals surface area contributed by atoms with Crippen molar-refractivity contribution in [2.75, 3.05) is 43.9 Å². The Morgan fingerprint density at radius 2 is 2.08 bits per heavy atom. The summed E-state index contributed by atoms with van der Waals surface area (Å²) < 4.78 is 6.19. The van der Waals surface area contributed by atoms with Gasteiger partial charge in [0.05, 0.1) is 19.3 Å². The van der Waals surface area contributed by atoms with E-state index in [2.05, 4.69) is 46.4 Å². The van der Waals surface area contributed by atoms with Gasteiger partial charge in [0.25, 0.3) is 0 Å². The summed E-state index contributed by atoms with van der Waals surface area (Å²) >= 11 is 3.06. The van der Waals surface area contributed by atoms with Crippen molar-refractivity contribution in [3.8, 4) is 0 Å². The molecule has 1 aromatic carbocycles. The lowest BCUT2D eigenvalue weighted by molar-refractivity contribution is 0.0188. The fourth-order valence-electron chi connectivity index (χ4n) is 2.56. The third-order valence-electron chi connectivity index (χ3n) is 4.14. The quantitative estimate of drug-likeness (QED) is 0.716. The van der Waals surface area contributed by atoms with Gasteiger partial charge < -0.3 is 15.2 Å². The predicted molar refractivity (Wildman–Crippen MR) is 103 cm³/mol. The summed E-state index contributed by atoms with van der Waals surface area (Å²) in [5, 5.41) is 22.6. The largest absolute Gasteiger partial charge is 0.391 e. The Bertz CT molecular complexity index is 689. The van der Waals surface area contributed by atoms with Gasteiger partial charge in [-0.25, -0.2) is 0 Å². The maximum atomic E-state index is 10.2. The highest BCUT2D eigenvalue weighted by molar-refractivity contribution is 8.01. The molecule has 8 heteroatoms. The summed E-state index contributed by atoms with van der Waals surface area (Å²) in [7, 11) is 0. The highest BCUT2D eigenvalue weighted by Crippen LogP contribution is 2.28. The molecule has 1 aromatic heterocycles. The minimum absolute atomic E-state index is 0.372. The minimum atomic E-state index is -0.372. The molecule has 2 heterocycles. The van der Waals surface area contributed by atoms with Crippen molar-refractivity contribution in [2.45, 2.75) is 24.3 Å². The van der Waals surface area contributed by atoms with Crippen LogP contribution < -0.4 is 5.32 Å². The predicted octanol–water partition coefficient (Wildman–Crippen LogP) is 2.68. The summed E-state index contributed by atoms with van der Waals surface area (Å²) in [6.45, 7) is 8.17. The van der Waals surface area contributed by atoms with Crippen LogP contribution in [0.3, 0.4) is 0 Å². The first-order valence-electron chi connectivity index (χ1n) is 8.39. The molecule has 6 nitrogen and oxygen atoms in total. The molecule has 25 heavy (non-hydrogen) atoms. The molecule has 1 saturated heterocycles. The maximum Gasteiger partial charge on any atom is 0.210 e. The van der Waals surface area contributed by atoms with Crippen LogP contribution in [0, 0.1) is 13.8 Å². The summed E-state index contributed by atoms with van der Waals surface area (Å²) in [4.78, 5) is 2.24. The monoisotopic (exact) mass is 380 g/mol. The molecule has 0 amide bonds. The molecule has 0 spiro atoms. The Morgan fingerprint density at radius 3 is 2.84 bits per heavy atom. The number of nitrogens with one attached hydrogen (secondary N) is 1. The van der Waals surface area contributed by atoms with Crippen LogP contribution in [0.2, 0.25) is 0 Å². The number of benzene rings is 1. The van der Waals surface area contributed by atoms with E-state index in [0.29, 0.717) is 12.3 Å². The lowest BCUT2D eigenvalue weighted by Gasteiger charge is -2.28. The third kappa shape index (κ3) is 5.65. The molecule has 1 aliphatic heterocycles.